The van der Waals surface area contributed by atoms with Gasteiger partial charge in [-0.1, -0.05) is 32.4 Å². The van der Waals surface area contributed by atoms with Crippen molar-refractivity contribution in [2.45, 2.75) is 26.3 Å². The van der Waals surface area contributed by atoms with Crippen molar-refractivity contribution in [1.29, 1.82) is 0 Å². The van der Waals surface area contributed by atoms with Crippen molar-refractivity contribution in [2.75, 3.05) is 13.7 Å². The van der Waals surface area contributed by atoms with Crippen molar-refractivity contribution >= 4 is 17.8 Å². The second kappa shape index (κ2) is 9.68. The van der Waals surface area contributed by atoms with Crippen molar-refractivity contribution in [2.24, 2.45) is 5.92 Å². The van der Waals surface area contributed by atoms with Gasteiger partial charge in [-0.15, -0.1) is 0 Å². The van der Waals surface area contributed by atoms with Gasteiger partial charge < -0.3 is 19.2 Å². The number of furan rings is 1. The minimum absolute atomic E-state index is 0.152. The summed E-state index contributed by atoms with van der Waals surface area (Å²) in [7, 11) is 1.23. The van der Waals surface area contributed by atoms with Crippen LogP contribution in [0.1, 0.15) is 30.8 Å². The summed E-state index contributed by atoms with van der Waals surface area (Å²) in [6, 6.07) is 7.89. The topological polar surface area (TPSA) is 94.8 Å². The van der Waals surface area contributed by atoms with E-state index in [1.54, 1.807) is 13.0 Å². The Hall–Kier alpha value is -3.16. The summed E-state index contributed by atoms with van der Waals surface area (Å²) >= 11 is 0. The number of carbonyl (C=O) groups is 3. The van der Waals surface area contributed by atoms with E-state index in [1.807, 2.05) is 6.92 Å². The lowest BCUT2D eigenvalue weighted by molar-refractivity contribution is -0.147. The molecule has 0 bridgehead atoms. The molecule has 0 spiro atoms. The van der Waals surface area contributed by atoms with E-state index in [0.29, 0.717) is 6.42 Å². The fraction of sp³-hybridized carbons (Fsp3) is 0.350. The first-order chi connectivity index (χ1) is 13.4. The molecule has 0 unspecified atom stereocenters. The van der Waals surface area contributed by atoms with E-state index in [-0.39, 0.29) is 23.0 Å². The quantitative estimate of drug-likeness (QED) is 0.695. The smallest absolute Gasteiger partial charge is 0.374 e. The molecule has 0 saturated heterocycles. The zero-order valence-corrected chi connectivity index (χ0v) is 15.9. The molecule has 28 heavy (non-hydrogen) atoms. The van der Waals surface area contributed by atoms with Crippen LogP contribution in [-0.4, -0.2) is 37.6 Å². The van der Waals surface area contributed by atoms with Crippen LogP contribution in [-0.2, 0) is 19.1 Å². The average molecular weight is 391 g/mol. The molecule has 2 atom stereocenters. The molecule has 1 aromatic carbocycles. The van der Waals surface area contributed by atoms with Crippen LogP contribution in [0.3, 0.4) is 0 Å². The molecule has 1 amide bonds. The molecule has 150 valence electrons. The van der Waals surface area contributed by atoms with Gasteiger partial charge in [-0.2, -0.15) is 0 Å². The maximum Gasteiger partial charge on any atom is 0.374 e. The maximum absolute atomic E-state index is 13.8. The van der Waals surface area contributed by atoms with Crippen molar-refractivity contribution in [3.05, 3.63) is 48.0 Å². The van der Waals surface area contributed by atoms with Gasteiger partial charge in [0.2, 0.25) is 5.76 Å². The highest BCUT2D eigenvalue weighted by Gasteiger charge is 2.27. The molecule has 2 rings (SSSR count). The van der Waals surface area contributed by atoms with Crippen LogP contribution in [0.4, 0.5) is 4.39 Å². The summed E-state index contributed by atoms with van der Waals surface area (Å²) in [4.78, 5) is 35.9. The fourth-order valence-corrected chi connectivity index (χ4v) is 2.47. The lowest BCUT2D eigenvalue weighted by Gasteiger charge is -2.21. The predicted molar refractivity (Wildman–Crippen MR) is 97.8 cm³/mol. The number of methoxy groups -OCH3 is 1. The molecule has 0 aliphatic carbocycles. The Morgan fingerprint density at radius 1 is 1.18 bits per heavy atom. The first-order valence-corrected chi connectivity index (χ1v) is 8.76. The van der Waals surface area contributed by atoms with Crippen molar-refractivity contribution in [1.82, 2.24) is 5.32 Å². The Bertz CT molecular complexity index is 847. The first kappa shape index (κ1) is 21.1. The lowest BCUT2D eigenvalue weighted by Crippen LogP contribution is -2.47. The second-order valence-electron chi connectivity index (χ2n) is 6.17. The molecule has 7 nitrogen and oxygen atoms in total. The van der Waals surface area contributed by atoms with Gasteiger partial charge in [-0.05, 0) is 30.2 Å². The maximum atomic E-state index is 13.8. The van der Waals surface area contributed by atoms with Gasteiger partial charge >= 0.3 is 11.9 Å². The Morgan fingerprint density at radius 3 is 2.54 bits per heavy atom. The molecule has 1 aromatic heterocycles. The van der Waals surface area contributed by atoms with E-state index in [2.05, 4.69) is 10.1 Å². The van der Waals surface area contributed by atoms with Crippen LogP contribution in [0.2, 0.25) is 0 Å². The van der Waals surface area contributed by atoms with Gasteiger partial charge in [0.1, 0.15) is 17.6 Å². The molecule has 2 aromatic rings. The molecule has 0 saturated carbocycles. The zero-order valence-electron chi connectivity index (χ0n) is 15.9. The number of ether oxygens (including phenoxy) is 2. The third-order valence-corrected chi connectivity index (χ3v) is 4.27. The van der Waals surface area contributed by atoms with Gasteiger partial charge in [-0.3, -0.25) is 4.79 Å². The number of esters is 2. The van der Waals surface area contributed by atoms with Gasteiger partial charge in [0.05, 0.1) is 12.7 Å². The second-order valence-corrected chi connectivity index (χ2v) is 6.17. The number of amides is 1. The predicted octanol–water partition coefficient (Wildman–Crippen LogP) is 2.95. The summed E-state index contributed by atoms with van der Waals surface area (Å²) in [5, 5.41) is 2.49. The summed E-state index contributed by atoms with van der Waals surface area (Å²) in [5.41, 5.74) is 0.203. The molecule has 0 radical (unpaired) electrons. The van der Waals surface area contributed by atoms with Crippen LogP contribution in [0.25, 0.3) is 11.3 Å². The van der Waals surface area contributed by atoms with E-state index in [1.165, 1.54) is 37.4 Å². The van der Waals surface area contributed by atoms with Gasteiger partial charge in [0.15, 0.2) is 6.61 Å². The van der Waals surface area contributed by atoms with Crippen LogP contribution >= 0.6 is 0 Å². The molecule has 0 aliphatic rings. The molecular formula is C20H22FNO6. The monoisotopic (exact) mass is 391 g/mol. The van der Waals surface area contributed by atoms with Crippen LogP contribution < -0.4 is 5.32 Å². The van der Waals surface area contributed by atoms with Crippen molar-refractivity contribution in [3.63, 3.8) is 0 Å². The van der Waals surface area contributed by atoms with E-state index >= 15 is 0 Å². The lowest BCUT2D eigenvalue weighted by atomic mass is 9.99. The standard InChI is InChI=1S/C20H22FNO6/c1-4-12(2)18(20(25)26-3)22-17(23)11-27-19(24)16-10-9-15(28-16)13-7-5-6-8-14(13)21/h5-10,12,18H,4,11H2,1-3H3,(H,22,23)/t12-,18+/m1/s1. The summed E-state index contributed by atoms with van der Waals surface area (Å²) in [6.45, 7) is 3.07. The number of hydrogen-bond donors (Lipinski definition) is 1. The van der Waals surface area contributed by atoms with Crippen molar-refractivity contribution in [3.8, 4) is 11.3 Å². The van der Waals surface area contributed by atoms with Gasteiger partial charge in [0.25, 0.3) is 5.91 Å². The number of rotatable bonds is 8. The van der Waals surface area contributed by atoms with Crippen LogP contribution in [0, 0.1) is 11.7 Å². The molecule has 0 fully saturated rings. The SMILES string of the molecule is CC[C@@H](C)[C@H](NC(=O)COC(=O)c1ccc(-c2ccccc2F)o1)C(=O)OC. The Labute approximate surface area is 161 Å². The third-order valence-electron chi connectivity index (χ3n) is 4.27. The van der Waals surface area contributed by atoms with E-state index in [9.17, 15) is 18.8 Å². The Balaban J connectivity index is 1.96. The zero-order chi connectivity index (χ0) is 20.7. The molecule has 8 heteroatoms. The Kier molecular flexibility index (Phi) is 7.31. The summed E-state index contributed by atoms with van der Waals surface area (Å²) < 4.78 is 28.7. The van der Waals surface area contributed by atoms with Gasteiger partial charge in [0, 0.05) is 0 Å². The molecule has 1 N–H and O–H groups in total. The normalized spacial score (nSPS) is 12.7. The largest absolute Gasteiger partial charge is 0.467 e. The molecular weight excluding hydrogens is 369 g/mol. The van der Waals surface area contributed by atoms with E-state index in [0.717, 1.165) is 0 Å². The highest BCUT2D eigenvalue weighted by Crippen LogP contribution is 2.25. The highest BCUT2D eigenvalue weighted by atomic mass is 19.1. The molecule has 0 aliphatic heterocycles. The Morgan fingerprint density at radius 2 is 1.89 bits per heavy atom. The average Bonchev–Trinajstić information content (AvgIpc) is 3.19. The van der Waals surface area contributed by atoms with Crippen LogP contribution in [0.5, 0.6) is 0 Å². The minimum atomic E-state index is -0.879. The number of hydrogen-bond acceptors (Lipinski definition) is 6. The number of halogens is 1. The van der Waals surface area contributed by atoms with E-state index in [4.69, 9.17) is 9.15 Å². The first-order valence-electron chi connectivity index (χ1n) is 8.76. The summed E-state index contributed by atoms with van der Waals surface area (Å²) in [6.07, 6.45) is 0.644. The van der Waals surface area contributed by atoms with Crippen molar-refractivity contribution < 1.29 is 32.7 Å². The number of benzene rings is 1. The van der Waals surface area contributed by atoms with Gasteiger partial charge in [-0.25, -0.2) is 14.0 Å². The molecule has 1 heterocycles. The fourth-order valence-electron chi connectivity index (χ4n) is 2.47. The minimum Gasteiger partial charge on any atom is -0.467 e. The number of carbonyl (C=O) groups excluding carboxylic acids is 3. The van der Waals surface area contributed by atoms with E-state index < -0.39 is 36.3 Å². The third kappa shape index (κ3) is 5.18. The number of nitrogens with one attached hydrogen (secondary N) is 1. The highest BCUT2D eigenvalue weighted by molar-refractivity contribution is 5.90. The summed E-state index contributed by atoms with van der Waals surface area (Å²) in [5.74, 6) is -2.75. The van der Waals surface area contributed by atoms with Crippen LogP contribution in [0.15, 0.2) is 40.8 Å².